The monoisotopic (exact) mass is 489 g/mol. The minimum Gasteiger partial charge on any atom is -0.379 e. The smallest absolute Gasteiger partial charge is 0.243 e. The van der Waals surface area contributed by atoms with Gasteiger partial charge in [-0.1, -0.05) is 6.07 Å². The number of piperazine rings is 1. The Morgan fingerprint density at radius 2 is 1.73 bits per heavy atom. The molecule has 4 heterocycles. The van der Waals surface area contributed by atoms with Gasteiger partial charge in [-0.05, 0) is 36.6 Å². The van der Waals surface area contributed by atoms with Crippen LogP contribution in [-0.4, -0.2) is 84.6 Å². The summed E-state index contributed by atoms with van der Waals surface area (Å²) >= 11 is 1.82. The first kappa shape index (κ1) is 22.9. The van der Waals surface area contributed by atoms with Crippen LogP contribution in [0.3, 0.4) is 0 Å². The average Bonchev–Trinajstić information content (AvgIpc) is 3.47. The van der Waals surface area contributed by atoms with Crippen molar-refractivity contribution >= 4 is 32.4 Å². The first-order valence-corrected chi connectivity index (χ1v) is 13.9. The molecular formula is C23H31N5O3S2. The summed E-state index contributed by atoms with van der Waals surface area (Å²) < 4.78 is 35.2. The Hall–Kier alpha value is -1.82. The number of ether oxygens (including phenoxy) is 1. The molecule has 1 aromatic carbocycles. The van der Waals surface area contributed by atoms with E-state index < -0.39 is 10.0 Å². The van der Waals surface area contributed by atoms with Crippen molar-refractivity contribution in [3.8, 4) is 0 Å². The van der Waals surface area contributed by atoms with Crippen molar-refractivity contribution in [2.45, 2.75) is 31.5 Å². The molecule has 0 atom stereocenters. The van der Waals surface area contributed by atoms with Gasteiger partial charge in [-0.15, -0.1) is 11.3 Å². The van der Waals surface area contributed by atoms with E-state index in [1.165, 1.54) is 9.18 Å². The maximum atomic E-state index is 13.1. The molecule has 0 amide bonds. The van der Waals surface area contributed by atoms with Gasteiger partial charge in [-0.3, -0.25) is 9.80 Å². The van der Waals surface area contributed by atoms with Crippen LogP contribution in [0.5, 0.6) is 0 Å². The van der Waals surface area contributed by atoms with Crippen LogP contribution < -0.4 is 0 Å². The van der Waals surface area contributed by atoms with Crippen molar-refractivity contribution in [2.75, 3.05) is 52.5 Å². The fraction of sp³-hybridized carbons (Fsp3) is 0.522. The van der Waals surface area contributed by atoms with Gasteiger partial charge in [-0.25, -0.2) is 13.4 Å². The van der Waals surface area contributed by atoms with Gasteiger partial charge in [0, 0.05) is 57.2 Å². The molecule has 2 fully saturated rings. The Kier molecular flexibility index (Phi) is 6.82. The summed E-state index contributed by atoms with van der Waals surface area (Å²) in [5, 5.41) is 2.14. The lowest BCUT2D eigenvalue weighted by Crippen LogP contribution is -2.45. The maximum absolute atomic E-state index is 13.1. The number of thiophene rings is 1. The van der Waals surface area contributed by atoms with Crippen molar-refractivity contribution < 1.29 is 13.2 Å². The second kappa shape index (κ2) is 9.81. The first-order valence-electron chi connectivity index (χ1n) is 11.6. The summed E-state index contributed by atoms with van der Waals surface area (Å²) in [6, 6.07) is 9.67. The molecule has 0 unspecified atom stereocenters. The molecule has 0 radical (unpaired) electrons. The first-order chi connectivity index (χ1) is 16.0. The van der Waals surface area contributed by atoms with Crippen molar-refractivity contribution in [1.29, 1.82) is 0 Å². The van der Waals surface area contributed by atoms with Crippen LogP contribution in [-0.2, 0) is 34.4 Å². The Labute approximate surface area is 199 Å². The number of sulfonamides is 1. The SMILES string of the molecule is CCn1c(CN2CCN(Cc3cccs3)CC2)nc2cc(S(=O)(=O)N3CCOCC3)ccc21. The predicted molar refractivity (Wildman–Crippen MR) is 130 cm³/mol. The summed E-state index contributed by atoms with van der Waals surface area (Å²) in [6.45, 7) is 10.5. The molecule has 2 saturated heterocycles. The Bertz CT molecular complexity index is 1180. The number of benzene rings is 1. The molecule has 178 valence electrons. The molecule has 0 saturated carbocycles. The standard InChI is InChI=1S/C23H31N5O3S2/c1-2-28-22-6-5-20(33(29,30)27-11-13-31-14-12-27)16-21(22)24-23(28)18-26-9-7-25(8-10-26)17-19-4-3-15-32-19/h3-6,15-16H,2,7-14,17-18H2,1H3. The molecule has 8 nitrogen and oxygen atoms in total. The molecule has 0 spiro atoms. The van der Waals surface area contributed by atoms with E-state index in [9.17, 15) is 8.42 Å². The molecule has 10 heteroatoms. The lowest BCUT2D eigenvalue weighted by molar-refractivity contribution is 0.0730. The van der Waals surface area contributed by atoms with Gasteiger partial charge in [0.05, 0.1) is 35.7 Å². The second-order valence-electron chi connectivity index (χ2n) is 8.57. The number of hydrogen-bond donors (Lipinski definition) is 0. The predicted octanol–water partition coefficient (Wildman–Crippen LogP) is 2.46. The quantitative estimate of drug-likeness (QED) is 0.508. The highest BCUT2D eigenvalue weighted by atomic mass is 32.2. The van der Waals surface area contributed by atoms with Crippen molar-refractivity contribution in [3.63, 3.8) is 0 Å². The van der Waals surface area contributed by atoms with E-state index in [4.69, 9.17) is 9.72 Å². The van der Waals surface area contributed by atoms with Crippen LogP contribution in [0.4, 0.5) is 0 Å². The van der Waals surface area contributed by atoms with E-state index in [1.807, 2.05) is 17.4 Å². The average molecular weight is 490 g/mol. The van der Waals surface area contributed by atoms with Crippen molar-refractivity contribution in [3.05, 3.63) is 46.4 Å². The Morgan fingerprint density at radius 3 is 2.39 bits per heavy atom. The van der Waals surface area contributed by atoms with Crippen molar-refractivity contribution in [2.24, 2.45) is 0 Å². The zero-order chi connectivity index (χ0) is 22.8. The third-order valence-electron chi connectivity index (χ3n) is 6.51. The lowest BCUT2D eigenvalue weighted by Gasteiger charge is -2.34. The number of morpholine rings is 1. The number of nitrogens with zero attached hydrogens (tertiary/aromatic N) is 5. The van der Waals surface area contributed by atoms with Crippen LogP contribution in [0, 0.1) is 0 Å². The number of aromatic nitrogens is 2. The highest BCUT2D eigenvalue weighted by Gasteiger charge is 2.27. The van der Waals surface area contributed by atoms with Gasteiger partial charge >= 0.3 is 0 Å². The summed E-state index contributed by atoms with van der Waals surface area (Å²) in [5.74, 6) is 1.00. The van der Waals surface area contributed by atoms with E-state index in [0.29, 0.717) is 31.2 Å². The lowest BCUT2D eigenvalue weighted by atomic mass is 10.3. The fourth-order valence-corrected chi connectivity index (χ4v) is 6.83. The van der Waals surface area contributed by atoms with Gasteiger partial charge in [-0.2, -0.15) is 4.31 Å². The Balaban J connectivity index is 1.30. The third-order valence-corrected chi connectivity index (χ3v) is 9.27. The largest absolute Gasteiger partial charge is 0.379 e. The van der Waals surface area contributed by atoms with E-state index >= 15 is 0 Å². The molecular weight excluding hydrogens is 458 g/mol. The zero-order valence-electron chi connectivity index (χ0n) is 19.0. The summed E-state index contributed by atoms with van der Waals surface area (Å²) in [5.41, 5.74) is 1.74. The normalized spacial score (nSPS) is 19.4. The molecule has 0 N–H and O–H groups in total. The van der Waals surface area contributed by atoms with Crippen LogP contribution in [0.2, 0.25) is 0 Å². The van der Waals surface area contributed by atoms with Crippen LogP contribution >= 0.6 is 11.3 Å². The Morgan fingerprint density at radius 1 is 1.00 bits per heavy atom. The highest BCUT2D eigenvalue weighted by molar-refractivity contribution is 7.89. The van der Waals surface area contributed by atoms with E-state index in [1.54, 1.807) is 12.1 Å². The third kappa shape index (κ3) is 4.87. The van der Waals surface area contributed by atoms with Crippen molar-refractivity contribution in [1.82, 2.24) is 23.7 Å². The number of hydrogen-bond acceptors (Lipinski definition) is 7. The van der Waals surface area contributed by atoms with E-state index in [-0.39, 0.29) is 0 Å². The van der Waals surface area contributed by atoms with Gasteiger partial charge < -0.3 is 9.30 Å². The van der Waals surface area contributed by atoms with Crippen LogP contribution in [0.15, 0.2) is 40.6 Å². The molecule has 0 bridgehead atoms. The number of rotatable bonds is 7. The summed E-state index contributed by atoms with van der Waals surface area (Å²) in [4.78, 5) is 11.6. The van der Waals surface area contributed by atoms with Gasteiger partial charge in [0.25, 0.3) is 0 Å². The topological polar surface area (TPSA) is 70.9 Å². The number of aryl methyl sites for hydroxylation is 1. The van der Waals surface area contributed by atoms with Gasteiger partial charge in [0.1, 0.15) is 5.82 Å². The summed E-state index contributed by atoms with van der Waals surface area (Å²) in [6.07, 6.45) is 0. The fourth-order valence-electron chi connectivity index (χ4n) is 4.66. The maximum Gasteiger partial charge on any atom is 0.243 e. The van der Waals surface area contributed by atoms with Crippen LogP contribution in [0.25, 0.3) is 11.0 Å². The minimum absolute atomic E-state index is 0.311. The molecule has 5 rings (SSSR count). The van der Waals surface area contributed by atoms with Gasteiger partial charge in [0.2, 0.25) is 10.0 Å². The molecule has 0 aliphatic carbocycles. The van der Waals surface area contributed by atoms with E-state index in [0.717, 1.165) is 62.7 Å². The molecule has 33 heavy (non-hydrogen) atoms. The molecule has 3 aromatic rings. The molecule has 2 aliphatic rings. The zero-order valence-corrected chi connectivity index (χ0v) is 20.7. The van der Waals surface area contributed by atoms with Gasteiger partial charge in [0.15, 0.2) is 0 Å². The number of imidazole rings is 1. The summed E-state index contributed by atoms with van der Waals surface area (Å²) in [7, 11) is -3.53. The molecule has 2 aliphatic heterocycles. The number of fused-ring (bicyclic) bond motifs is 1. The minimum atomic E-state index is -3.53. The second-order valence-corrected chi connectivity index (χ2v) is 11.5. The van der Waals surface area contributed by atoms with E-state index in [2.05, 4.69) is 38.8 Å². The molecule has 2 aromatic heterocycles. The van der Waals surface area contributed by atoms with Crippen LogP contribution in [0.1, 0.15) is 17.6 Å². The highest BCUT2D eigenvalue weighted by Crippen LogP contribution is 2.24.